The molecule has 0 radical (unpaired) electrons. The van der Waals surface area contributed by atoms with E-state index in [9.17, 15) is 19.1 Å². The Morgan fingerprint density at radius 3 is 2.65 bits per heavy atom. The third-order valence-electron chi connectivity index (χ3n) is 5.12. The second kappa shape index (κ2) is 7.40. The molecular weight excluding hydrogens is 435 g/mol. The van der Waals surface area contributed by atoms with Crippen molar-refractivity contribution >= 4 is 49.7 Å². The smallest absolute Gasteiger partial charge is 0.296 e. The van der Waals surface area contributed by atoms with E-state index in [4.69, 9.17) is 0 Å². The Bertz CT molecular complexity index is 1360. The Morgan fingerprint density at radius 1 is 1.16 bits per heavy atom. The number of amides is 1. The minimum atomic E-state index is -0.913. The second-order valence-corrected chi connectivity index (χ2v) is 9.12. The van der Waals surface area contributed by atoms with E-state index in [1.54, 1.807) is 17.5 Å². The lowest BCUT2D eigenvalue weighted by molar-refractivity contribution is -0.117. The molecule has 31 heavy (non-hydrogen) atoms. The van der Waals surface area contributed by atoms with Crippen LogP contribution in [0.5, 0.6) is 0 Å². The molecule has 0 saturated carbocycles. The average molecular weight is 451 g/mol. The van der Waals surface area contributed by atoms with Crippen LogP contribution >= 0.6 is 22.7 Å². The number of nitrogens with zero attached hydrogens (tertiary/aromatic N) is 2. The number of aliphatic hydroxyl groups excluding tert-OH is 1. The summed E-state index contributed by atoms with van der Waals surface area (Å²) in [4.78, 5) is 32.7. The SMILES string of the molecule is Cc1ccc2nc(N3C(=O)C(O)=C(C(=O)c4cccs4)[C@H]3c3ccc(F)cc3)sc2c1. The lowest BCUT2D eigenvalue weighted by atomic mass is 9.95. The highest BCUT2D eigenvalue weighted by atomic mass is 32.1. The molecule has 154 valence electrons. The standard InChI is InChI=1S/C23H15FN2O3S2/c1-12-4-9-15-17(11-12)31-23(25-15)26-19(13-5-7-14(24)8-6-13)18(21(28)22(26)29)20(27)16-3-2-10-30-16/h2-11,19,28H,1H3/t19-/m1/s1. The highest BCUT2D eigenvalue weighted by Gasteiger charge is 2.46. The number of carbonyl (C=O) groups is 2. The van der Waals surface area contributed by atoms with Crippen LogP contribution in [0, 0.1) is 12.7 Å². The summed E-state index contributed by atoms with van der Waals surface area (Å²) < 4.78 is 14.5. The van der Waals surface area contributed by atoms with E-state index in [0.717, 1.165) is 10.3 Å². The number of halogens is 1. The van der Waals surface area contributed by atoms with Gasteiger partial charge in [-0.3, -0.25) is 14.5 Å². The molecule has 0 spiro atoms. The monoisotopic (exact) mass is 450 g/mol. The first-order valence-electron chi connectivity index (χ1n) is 9.41. The highest BCUT2D eigenvalue weighted by Crippen LogP contribution is 2.44. The number of anilines is 1. The number of benzene rings is 2. The van der Waals surface area contributed by atoms with Crippen LogP contribution in [-0.2, 0) is 4.79 Å². The normalized spacial score (nSPS) is 16.5. The number of hydrogen-bond acceptors (Lipinski definition) is 6. The van der Waals surface area contributed by atoms with Crippen molar-refractivity contribution in [1.82, 2.24) is 4.98 Å². The number of carbonyl (C=O) groups excluding carboxylic acids is 2. The summed E-state index contributed by atoms with van der Waals surface area (Å²) in [5, 5.41) is 12.9. The molecule has 2 aromatic carbocycles. The zero-order chi connectivity index (χ0) is 21.7. The van der Waals surface area contributed by atoms with Crippen molar-refractivity contribution in [1.29, 1.82) is 0 Å². The largest absolute Gasteiger partial charge is 0.503 e. The molecular formula is C23H15FN2O3S2. The fourth-order valence-corrected chi connectivity index (χ4v) is 5.43. The molecule has 1 aliphatic rings. The van der Waals surface area contributed by atoms with Crippen molar-refractivity contribution < 1.29 is 19.1 Å². The zero-order valence-electron chi connectivity index (χ0n) is 16.2. The maximum atomic E-state index is 13.6. The minimum Gasteiger partial charge on any atom is -0.503 e. The Balaban J connectivity index is 1.68. The van der Waals surface area contributed by atoms with E-state index in [1.807, 2.05) is 25.1 Å². The predicted molar refractivity (Wildman–Crippen MR) is 119 cm³/mol. The number of aryl methyl sites for hydroxylation is 1. The first-order chi connectivity index (χ1) is 14.9. The van der Waals surface area contributed by atoms with Crippen molar-refractivity contribution in [2.75, 3.05) is 4.90 Å². The number of hydrogen-bond donors (Lipinski definition) is 1. The van der Waals surface area contributed by atoms with Gasteiger partial charge >= 0.3 is 0 Å². The van der Waals surface area contributed by atoms with E-state index in [2.05, 4.69) is 4.98 Å². The van der Waals surface area contributed by atoms with E-state index in [-0.39, 0.29) is 5.57 Å². The molecule has 0 aliphatic carbocycles. The Hall–Kier alpha value is -3.36. The fraction of sp³-hybridized carbons (Fsp3) is 0.0870. The molecule has 2 aromatic heterocycles. The van der Waals surface area contributed by atoms with Crippen molar-refractivity contribution in [2.45, 2.75) is 13.0 Å². The molecule has 5 rings (SSSR count). The summed E-state index contributed by atoms with van der Waals surface area (Å²) in [6.07, 6.45) is 0. The van der Waals surface area contributed by atoms with E-state index in [1.165, 1.54) is 51.8 Å². The van der Waals surface area contributed by atoms with Crippen molar-refractivity contribution in [2.24, 2.45) is 0 Å². The highest BCUT2D eigenvalue weighted by molar-refractivity contribution is 7.22. The molecule has 5 nitrogen and oxygen atoms in total. The van der Waals surface area contributed by atoms with Crippen LogP contribution in [0.2, 0.25) is 0 Å². The van der Waals surface area contributed by atoms with Gasteiger partial charge in [0, 0.05) is 0 Å². The lowest BCUT2D eigenvalue weighted by Gasteiger charge is -2.24. The van der Waals surface area contributed by atoms with Crippen LogP contribution in [0.3, 0.4) is 0 Å². The molecule has 0 bridgehead atoms. The number of ketones is 1. The first kappa shape index (κ1) is 19.6. The van der Waals surface area contributed by atoms with Crippen LogP contribution in [-0.4, -0.2) is 21.8 Å². The van der Waals surface area contributed by atoms with Crippen molar-refractivity contribution in [3.63, 3.8) is 0 Å². The number of thiazole rings is 1. The summed E-state index contributed by atoms with van der Waals surface area (Å²) in [5.74, 6) is -2.18. The molecule has 1 amide bonds. The summed E-state index contributed by atoms with van der Waals surface area (Å²) in [5.41, 5.74) is 2.25. The van der Waals surface area contributed by atoms with Gasteiger partial charge in [0.25, 0.3) is 5.91 Å². The van der Waals surface area contributed by atoms with Crippen LogP contribution in [0.25, 0.3) is 10.2 Å². The summed E-state index contributed by atoms with van der Waals surface area (Å²) in [6, 6.07) is 13.8. The zero-order valence-corrected chi connectivity index (χ0v) is 17.8. The summed E-state index contributed by atoms with van der Waals surface area (Å²) in [7, 11) is 0. The molecule has 1 N–H and O–H groups in total. The number of thiophene rings is 1. The van der Waals surface area contributed by atoms with Crippen molar-refractivity contribution in [3.05, 3.63) is 93.1 Å². The van der Waals surface area contributed by atoms with E-state index < -0.39 is 29.3 Å². The number of fused-ring (bicyclic) bond motifs is 1. The minimum absolute atomic E-state index is 0.0329. The summed E-state index contributed by atoms with van der Waals surface area (Å²) >= 11 is 2.53. The molecule has 0 fully saturated rings. The van der Waals surface area contributed by atoms with Gasteiger partial charge < -0.3 is 5.11 Å². The van der Waals surface area contributed by atoms with Crippen LogP contribution in [0.15, 0.2) is 71.3 Å². The topological polar surface area (TPSA) is 70.5 Å². The molecule has 0 saturated heterocycles. The van der Waals surface area contributed by atoms with Crippen molar-refractivity contribution in [3.8, 4) is 0 Å². The number of Topliss-reactive ketones (excluding diaryl/α,β-unsaturated/α-hetero) is 1. The van der Waals surface area contributed by atoms with Gasteiger partial charge in [-0.2, -0.15) is 0 Å². The lowest BCUT2D eigenvalue weighted by Crippen LogP contribution is -2.30. The van der Waals surface area contributed by atoms with Gasteiger partial charge in [-0.15, -0.1) is 11.3 Å². The molecule has 8 heteroatoms. The van der Waals surface area contributed by atoms with E-state index >= 15 is 0 Å². The summed E-state index contributed by atoms with van der Waals surface area (Å²) in [6.45, 7) is 1.96. The Labute approximate surface area is 184 Å². The predicted octanol–water partition coefficient (Wildman–Crippen LogP) is 5.59. The van der Waals surface area contributed by atoms with Gasteiger partial charge in [-0.25, -0.2) is 9.37 Å². The third kappa shape index (κ3) is 3.24. The molecule has 1 aliphatic heterocycles. The van der Waals surface area contributed by atoms with Crippen LogP contribution in [0.1, 0.15) is 26.8 Å². The number of aromatic nitrogens is 1. The van der Waals surface area contributed by atoms with Gasteiger partial charge in [0.15, 0.2) is 10.9 Å². The van der Waals surface area contributed by atoms with Gasteiger partial charge in [-0.05, 0) is 53.8 Å². The number of aliphatic hydroxyl groups is 1. The Kier molecular flexibility index (Phi) is 4.68. The average Bonchev–Trinajstić information content (AvgIpc) is 3.47. The van der Waals surface area contributed by atoms with Crippen LogP contribution in [0.4, 0.5) is 9.52 Å². The van der Waals surface area contributed by atoms with Gasteiger partial charge in [-0.1, -0.05) is 35.6 Å². The fourth-order valence-electron chi connectivity index (χ4n) is 3.66. The number of rotatable bonds is 4. The second-order valence-electron chi connectivity index (χ2n) is 7.17. The maximum Gasteiger partial charge on any atom is 0.296 e. The van der Waals surface area contributed by atoms with Gasteiger partial charge in [0.2, 0.25) is 5.78 Å². The third-order valence-corrected chi connectivity index (χ3v) is 7.01. The first-order valence-corrected chi connectivity index (χ1v) is 11.1. The van der Waals surface area contributed by atoms with Gasteiger partial charge in [0.05, 0.1) is 26.7 Å². The molecule has 0 unspecified atom stereocenters. The molecule has 3 heterocycles. The molecule has 1 atom stereocenters. The quantitative estimate of drug-likeness (QED) is 0.412. The molecule has 4 aromatic rings. The van der Waals surface area contributed by atoms with Gasteiger partial charge in [0.1, 0.15) is 5.82 Å². The van der Waals surface area contributed by atoms with E-state index in [0.29, 0.717) is 21.1 Å². The van der Waals surface area contributed by atoms with Crippen LogP contribution < -0.4 is 4.90 Å². The Morgan fingerprint density at radius 2 is 1.94 bits per heavy atom. The maximum absolute atomic E-state index is 13.6.